The number of aliphatic hydroxyl groups excluding tert-OH is 1. The van der Waals surface area contributed by atoms with Crippen molar-refractivity contribution < 1.29 is 19.4 Å². The number of benzene rings is 1. The van der Waals surface area contributed by atoms with Crippen molar-refractivity contribution >= 4 is 25.3 Å². The summed E-state index contributed by atoms with van der Waals surface area (Å²) in [6.07, 6.45) is 3.79. The van der Waals surface area contributed by atoms with Gasteiger partial charge < -0.3 is 19.5 Å². The third-order valence-corrected chi connectivity index (χ3v) is 8.92. The summed E-state index contributed by atoms with van der Waals surface area (Å²) in [5.41, 5.74) is 6.39. The average Bonchev–Trinajstić information content (AvgIpc) is 3.67. The molecule has 3 aromatic rings. The molecule has 1 saturated carbocycles. The molecular formula is C32H41N3O4SSi. The molecule has 2 aromatic heterocycles. The molecule has 7 nitrogen and oxygen atoms in total. The Morgan fingerprint density at radius 3 is 2.66 bits per heavy atom. The van der Waals surface area contributed by atoms with Crippen LogP contribution in [0.15, 0.2) is 42.6 Å². The van der Waals surface area contributed by atoms with Crippen molar-refractivity contribution in [2.45, 2.75) is 77.4 Å². The van der Waals surface area contributed by atoms with Crippen LogP contribution in [0.5, 0.6) is 5.75 Å². The molecule has 1 amide bonds. The van der Waals surface area contributed by atoms with E-state index in [4.69, 9.17) is 9.47 Å². The van der Waals surface area contributed by atoms with Crippen LogP contribution in [-0.4, -0.2) is 54.2 Å². The molecule has 1 unspecified atom stereocenters. The van der Waals surface area contributed by atoms with Gasteiger partial charge in [0, 0.05) is 23.6 Å². The number of aryl methyl sites for hydroxylation is 2. The van der Waals surface area contributed by atoms with Crippen LogP contribution in [0.1, 0.15) is 64.9 Å². The first-order valence-corrected chi connectivity index (χ1v) is 18.5. The van der Waals surface area contributed by atoms with E-state index >= 15 is 0 Å². The second kappa shape index (κ2) is 13.3. The van der Waals surface area contributed by atoms with E-state index in [0.717, 1.165) is 46.8 Å². The summed E-state index contributed by atoms with van der Waals surface area (Å²) in [6, 6.07) is 12.2. The highest BCUT2D eigenvalue weighted by Gasteiger charge is 2.54. The molecule has 9 heteroatoms. The van der Waals surface area contributed by atoms with E-state index < -0.39 is 19.8 Å². The molecule has 1 aromatic carbocycles. The third-order valence-electron chi connectivity index (χ3n) is 7.07. The van der Waals surface area contributed by atoms with Gasteiger partial charge in [-0.05, 0) is 69.4 Å². The fourth-order valence-corrected chi connectivity index (χ4v) is 6.23. The quantitative estimate of drug-likeness (QED) is 0.163. The maximum absolute atomic E-state index is 14.1. The number of nitrogens with zero attached hydrogens (tertiary/aromatic N) is 3. The summed E-state index contributed by atoms with van der Waals surface area (Å²) in [6.45, 7) is 11.8. The highest BCUT2D eigenvalue weighted by Crippen LogP contribution is 2.49. The lowest BCUT2D eigenvalue weighted by molar-refractivity contribution is -0.134. The van der Waals surface area contributed by atoms with Crippen LogP contribution in [0.4, 0.5) is 0 Å². The first kappa shape index (κ1) is 30.9. The van der Waals surface area contributed by atoms with Crippen LogP contribution in [0.2, 0.25) is 19.6 Å². The van der Waals surface area contributed by atoms with Crippen molar-refractivity contribution in [2.24, 2.45) is 0 Å². The lowest BCUT2D eigenvalue weighted by atomic mass is 9.99. The number of aromatic nitrogens is 2. The minimum absolute atomic E-state index is 0.0738. The lowest BCUT2D eigenvalue weighted by Crippen LogP contribution is -2.40. The zero-order chi connectivity index (χ0) is 29.6. The van der Waals surface area contributed by atoms with Gasteiger partial charge in [0.1, 0.15) is 24.5 Å². The Morgan fingerprint density at radius 2 is 2.02 bits per heavy atom. The summed E-state index contributed by atoms with van der Waals surface area (Å²) in [5, 5.41) is 11.2. The Bertz CT molecular complexity index is 1400. The number of thiazole rings is 1. The first-order valence-electron chi connectivity index (χ1n) is 14.2. The highest BCUT2D eigenvalue weighted by atomic mass is 32.1. The highest BCUT2D eigenvalue weighted by molar-refractivity contribution is 7.11. The number of carbonyl (C=O) groups is 1. The van der Waals surface area contributed by atoms with Crippen molar-refractivity contribution in [1.29, 1.82) is 0 Å². The third kappa shape index (κ3) is 8.04. The van der Waals surface area contributed by atoms with Gasteiger partial charge in [0.15, 0.2) is 6.29 Å². The van der Waals surface area contributed by atoms with Crippen molar-refractivity contribution in [1.82, 2.24) is 14.9 Å². The van der Waals surface area contributed by atoms with Crippen LogP contribution in [0, 0.1) is 18.4 Å². The normalized spacial score (nSPS) is 14.6. The van der Waals surface area contributed by atoms with Crippen LogP contribution in [0.3, 0.4) is 0 Å². The number of pyridine rings is 1. The fourth-order valence-electron chi connectivity index (χ4n) is 4.74. The van der Waals surface area contributed by atoms with Gasteiger partial charge in [0.25, 0.3) is 0 Å². The summed E-state index contributed by atoms with van der Waals surface area (Å²) >= 11 is 1.50. The minimum Gasteiger partial charge on any atom is -0.495 e. The van der Waals surface area contributed by atoms with E-state index in [1.54, 1.807) is 13.3 Å². The van der Waals surface area contributed by atoms with Crippen molar-refractivity contribution in [3.8, 4) is 17.2 Å². The molecule has 1 fully saturated rings. The second-order valence-corrected chi connectivity index (χ2v) is 17.6. The molecule has 1 aliphatic carbocycles. The summed E-state index contributed by atoms with van der Waals surface area (Å²) in [5.74, 6) is 4.09. The van der Waals surface area contributed by atoms with E-state index in [1.165, 1.54) is 16.9 Å². The van der Waals surface area contributed by atoms with Crippen LogP contribution in [-0.2, 0) is 27.9 Å². The molecule has 41 heavy (non-hydrogen) atoms. The SMILES string of the molecule is CCOC(O)c1nc(CN(CCCc2cccc(C#C[Si](C)(C)C)c2)C(=O)C2(c3ccc(OC)cn3)CC2)sc1C. The van der Waals surface area contributed by atoms with Crippen molar-refractivity contribution in [3.05, 3.63) is 75.0 Å². The monoisotopic (exact) mass is 591 g/mol. The van der Waals surface area contributed by atoms with E-state index in [1.807, 2.05) is 30.9 Å². The van der Waals surface area contributed by atoms with Gasteiger partial charge >= 0.3 is 0 Å². The number of hydrogen-bond donors (Lipinski definition) is 1. The molecule has 0 aliphatic heterocycles. The van der Waals surface area contributed by atoms with Gasteiger partial charge in [0.05, 0.1) is 31.0 Å². The predicted molar refractivity (Wildman–Crippen MR) is 166 cm³/mol. The fraction of sp³-hybridized carbons (Fsp3) is 0.469. The van der Waals surface area contributed by atoms with Crippen LogP contribution in [0.25, 0.3) is 0 Å². The average molecular weight is 592 g/mol. The Kier molecular flexibility index (Phi) is 10.0. The van der Waals surface area contributed by atoms with Crippen LogP contribution < -0.4 is 4.74 Å². The van der Waals surface area contributed by atoms with Gasteiger partial charge in [-0.2, -0.15) is 0 Å². The first-order chi connectivity index (χ1) is 19.5. The van der Waals surface area contributed by atoms with Gasteiger partial charge in [-0.3, -0.25) is 9.78 Å². The molecular weight excluding hydrogens is 551 g/mol. The number of carbonyl (C=O) groups excluding carboxylic acids is 1. The predicted octanol–water partition coefficient (Wildman–Crippen LogP) is 5.80. The molecule has 0 saturated heterocycles. The Labute approximate surface area is 249 Å². The van der Waals surface area contributed by atoms with Crippen molar-refractivity contribution in [3.63, 3.8) is 0 Å². The van der Waals surface area contributed by atoms with Crippen molar-refractivity contribution in [2.75, 3.05) is 20.3 Å². The number of rotatable bonds is 12. The van der Waals surface area contributed by atoms with E-state index in [9.17, 15) is 9.90 Å². The number of hydrogen-bond acceptors (Lipinski definition) is 7. The number of ether oxygens (including phenoxy) is 2. The van der Waals surface area contributed by atoms with Crippen LogP contribution >= 0.6 is 11.3 Å². The zero-order valence-electron chi connectivity index (χ0n) is 25.0. The number of amides is 1. The van der Waals surface area contributed by atoms with E-state index in [-0.39, 0.29) is 5.91 Å². The minimum atomic E-state index is -1.45. The molecule has 1 aliphatic rings. The molecule has 218 valence electrons. The van der Waals surface area contributed by atoms with Gasteiger partial charge in [-0.25, -0.2) is 4.98 Å². The Balaban J connectivity index is 1.53. The molecule has 0 bridgehead atoms. The van der Waals surface area contributed by atoms with E-state index in [2.05, 4.69) is 65.3 Å². The largest absolute Gasteiger partial charge is 0.495 e. The molecule has 0 radical (unpaired) electrons. The summed E-state index contributed by atoms with van der Waals surface area (Å²) in [7, 11) is 0.156. The maximum Gasteiger partial charge on any atom is 0.235 e. The topological polar surface area (TPSA) is 84.8 Å². The molecule has 1 atom stereocenters. The summed E-state index contributed by atoms with van der Waals surface area (Å²) < 4.78 is 10.6. The van der Waals surface area contributed by atoms with Gasteiger partial charge in [0.2, 0.25) is 5.91 Å². The zero-order valence-corrected chi connectivity index (χ0v) is 26.8. The smallest absolute Gasteiger partial charge is 0.235 e. The molecule has 4 rings (SSSR count). The molecule has 2 heterocycles. The number of aliphatic hydroxyl groups is 1. The standard InChI is InChI=1S/C32H41N3O4SSi/c1-7-39-30(36)29-23(2)40-28(34-29)22-35(31(37)32(16-17-32)27-14-13-26(38-3)21-33-27)18-9-12-24-10-8-11-25(20-24)15-19-41(4,5)6/h8,10-11,13-14,20-21,30,36H,7,9,12,16-18,22H2,1-6H3. The van der Waals surface area contributed by atoms with Gasteiger partial charge in [-0.15, -0.1) is 16.9 Å². The Morgan fingerprint density at radius 1 is 1.24 bits per heavy atom. The van der Waals surface area contributed by atoms with E-state index in [0.29, 0.717) is 31.1 Å². The Hall–Kier alpha value is -3.03. The number of methoxy groups -OCH3 is 1. The molecule has 0 spiro atoms. The lowest BCUT2D eigenvalue weighted by Gasteiger charge is -2.27. The van der Waals surface area contributed by atoms with Gasteiger partial charge in [-0.1, -0.05) is 37.7 Å². The maximum atomic E-state index is 14.1. The second-order valence-electron chi connectivity index (χ2n) is 11.6. The molecule has 1 N–H and O–H groups in total. The summed E-state index contributed by atoms with van der Waals surface area (Å²) in [4.78, 5) is 26.2.